The molecule has 5 atom stereocenters. The molecule has 0 spiro atoms. The van der Waals surface area contributed by atoms with Crippen LogP contribution in [0.25, 0.3) is 0 Å². The second-order valence-corrected chi connectivity index (χ2v) is 13.8. The molecule has 0 radical (unpaired) electrons. The van der Waals surface area contributed by atoms with Gasteiger partial charge in [-0.05, 0) is 111 Å². The van der Waals surface area contributed by atoms with Crippen molar-refractivity contribution in [3.8, 4) is 5.75 Å². The number of ether oxygens (including phenoxy) is 2. The SMILES string of the molecule is CC(=O)O[C@]12CCCOc3cc4c(cc3COS(=O)(=O)c3ccc(C)cc3)C3CC[C@@]1(C)[C@@H](CC2)[C@H]3CC4. The number of hydrogen-bond donors (Lipinski definition) is 0. The lowest BCUT2D eigenvalue weighted by Gasteiger charge is -2.54. The highest BCUT2D eigenvalue weighted by Gasteiger charge is 2.63. The van der Waals surface area contributed by atoms with Crippen LogP contribution in [0.3, 0.4) is 0 Å². The molecule has 2 aromatic rings. The third kappa shape index (κ3) is 4.17. The number of carbonyl (C=O) groups excluding carboxylic acids is 1. The van der Waals surface area contributed by atoms with Gasteiger partial charge < -0.3 is 9.47 Å². The molecule has 8 rings (SSSR count). The molecule has 6 aliphatic rings. The number of benzene rings is 2. The zero-order valence-electron chi connectivity index (χ0n) is 22.6. The highest BCUT2D eigenvalue weighted by Crippen LogP contribution is 2.66. The van der Waals surface area contributed by atoms with E-state index >= 15 is 0 Å². The second-order valence-electron chi connectivity index (χ2n) is 12.1. The predicted molar refractivity (Wildman–Crippen MR) is 143 cm³/mol. The van der Waals surface area contributed by atoms with Gasteiger partial charge in [0.05, 0.1) is 18.1 Å². The van der Waals surface area contributed by atoms with Gasteiger partial charge in [-0.15, -0.1) is 0 Å². The zero-order valence-corrected chi connectivity index (χ0v) is 23.4. The molecule has 0 amide bonds. The quantitative estimate of drug-likeness (QED) is 0.332. The van der Waals surface area contributed by atoms with Gasteiger partial charge in [0, 0.05) is 17.9 Å². The van der Waals surface area contributed by atoms with E-state index in [-0.39, 0.29) is 22.9 Å². The van der Waals surface area contributed by atoms with Crippen molar-refractivity contribution in [2.75, 3.05) is 6.61 Å². The van der Waals surface area contributed by atoms with E-state index in [1.165, 1.54) is 11.1 Å². The van der Waals surface area contributed by atoms with Crippen LogP contribution in [-0.2, 0) is 36.9 Å². The number of esters is 1. The lowest BCUT2D eigenvalue weighted by atomic mass is 9.52. The van der Waals surface area contributed by atoms with Gasteiger partial charge in [-0.1, -0.05) is 24.6 Å². The van der Waals surface area contributed by atoms with Crippen LogP contribution in [0.1, 0.15) is 87.0 Å². The van der Waals surface area contributed by atoms with Gasteiger partial charge in [-0.25, -0.2) is 0 Å². The number of rotatable bonds is 5. The lowest BCUT2D eigenvalue weighted by molar-refractivity contribution is -0.180. The Hall–Kier alpha value is -2.38. The minimum absolute atomic E-state index is 0.0292. The fraction of sp³-hybridized carbons (Fsp3) is 0.581. The molecule has 2 aromatic carbocycles. The average molecular weight is 539 g/mol. The molecular formula is C31H38O6S. The Morgan fingerprint density at radius 3 is 2.63 bits per heavy atom. The lowest BCUT2D eigenvalue weighted by Crippen LogP contribution is -2.52. The summed E-state index contributed by atoms with van der Waals surface area (Å²) in [5, 5.41) is 0. The Morgan fingerprint density at radius 2 is 1.87 bits per heavy atom. The van der Waals surface area contributed by atoms with Crippen LogP contribution in [0, 0.1) is 24.2 Å². The molecule has 3 heterocycles. The first kappa shape index (κ1) is 25.9. The molecule has 204 valence electrons. The monoisotopic (exact) mass is 538 g/mol. The van der Waals surface area contributed by atoms with E-state index in [4.69, 9.17) is 13.7 Å². The average Bonchev–Trinajstić information content (AvgIpc) is 3.17. The zero-order chi connectivity index (χ0) is 26.7. The summed E-state index contributed by atoms with van der Waals surface area (Å²) in [6.07, 6.45) is 7.77. The Bertz CT molecular complexity index is 1350. The Kier molecular flexibility index (Phi) is 6.38. The third-order valence-corrected chi connectivity index (χ3v) is 11.5. The van der Waals surface area contributed by atoms with Crippen LogP contribution in [-0.4, -0.2) is 26.6 Å². The third-order valence-electron chi connectivity index (χ3n) is 10.2. The molecule has 3 aliphatic carbocycles. The number of fused-ring (bicyclic) bond motifs is 2. The van der Waals surface area contributed by atoms with Crippen LogP contribution in [0.5, 0.6) is 5.75 Å². The van der Waals surface area contributed by atoms with E-state index in [1.54, 1.807) is 31.2 Å². The van der Waals surface area contributed by atoms with Crippen LogP contribution in [0.15, 0.2) is 41.3 Å². The van der Waals surface area contributed by atoms with Gasteiger partial charge in [-0.3, -0.25) is 8.98 Å². The summed E-state index contributed by atoms with van der Waals surface area (Å²) in [6, 6.07) is 11.0. The first-order valence-electron chi connectivity index (χ1n) is 14.1. The van der Waals surface area contributed by atoms with Crippen molar-refractivity contribution in [1.29, 1.82) is 0 Å². The van der Waals surface area contributed by atoms with Crippen molar-refractivity contribution in [2.24, 2.45) is 17.3 Å². The van der Waals surface area contributed by atoms with Crippen LogP contribution >= 0.6 is 0 Å². The molecule has 7 heteroatoms. The Morgan fingerprint density at radius 1 is 1.08 bits per heavy atom. The summed E-state index contributed by atoms with van der Waals surface area (Å²) in [7, 11) is -3.89. The maximum Gasteiger partial charge on any atom is 0.303 e. The standard InChI is InChI=1S/C31H38O6S/c1-20-5-8-24(9-6-20)38(33,34)36-19-23-17-27-22-7-10-26-25(27)11-14-30(3)28(26)12-15-31(30,37-21(2)32)13-4-16-35-29(23)18-22/h5-6,8-9,17-18,25-26,28H,4,7,10-16,19H2,1-3H3/t25?,26-,28-,30-,31-/m0/s1. The highest BCUT2D eigenvalue weighted by atomic mass is 32.2. The number of aryl methyl sites for hydroxylation is 2. The van der Waals surface area contributed by atoms with Gasteiger partial charge in [0.1, 0.15) is 11.4 Å². The first-order valence-corrected chi connectivity index (χ1v) is 15.5. The number of carbonyl (C=O) groups is 1. The summed E-state index contributed by atoms with van der Waals surface area (Å²) in [4.78, 5) is 12.4. The largest absolute Gasteiger partial charge is 0.493 e. The smallest absolute Gasteiger partial charge is 0.303 e. The van der Waals surface area contributed by atoms with Gasteiger partial charge in [0.2, 0.25) is 0 Å². The van der Waals surface area contributed by atoms with E-state index in [9.17, 15) is 13.2 Å². The van der Waals surface area contributed by atoms with E-state index in [2.05, 4.69) is 19.1 Å². The van der Waals surface area contributed by atoms with Crippen molar-refractivity contribution in [3.05, 3.63) is 58.7 Å². The van der Waals surface area contributed by atoms with Gasteiger partial charge in [0.25, 0.3) is 10.1 Å². The Labute approximate surface area is 226 Å². The van der Waals surface area contributed by atoms with Crippen molar-refractivity contribution in [1.82, 2.24) is 0 Å². The van der Waals surface area contributed by atoms with Gasteiger partial charge in [0.15, 0.2) is 0 Å². The van der Waals surface area contributed by atoms with Crippen molar-refractivity contribution >= 4 is 16.1 Å². The maximum atomic E-state index is 13.0. The normalized spacial score (nSPS) is 31.8. The fourth-order valence-corrected chi connectivity index (χ4v) is 9.23. The molecular weight excluding hydrogens is 500 g/mol. The molecule has 0 N–H and O–H groups in total. The molecule has 0 aromatic heterocycles. The van der Waals surface area contributed by atoms with Crippen LogP contribution in [0.2, 0.25) is 0 Å². The summed E-state index contributed by atoms with van der Waals surface area (Å²) < 4.78 is 44.0. The first-order chi connectivity index (χ1) is 18.1. The molecule has 8 bridgehead atoms. The minimum atomic E-state index is -3.89. The molecule has 2 saturated carbocycles. The molecule has 0 saturated heterocycles. The topological polar surface area (TPSA) is 78.9 Å². The molecule has 1 unspecified atom stereocenters. The summed E-state index contributed by atoms with van der Waals surface area (Å²) >= 11 is 0. The maximum absolute atomic E-state index is 13.0. The van der Waals surface area contributed by atoms with Crippen molar-refractivity contribution < 1.29 is 26.9 Å². The summed E-state index contributed by atoms with van der Waals surface area (Å²) in [5.74, 6) is 1.99. The van der Waals surface area contributed by atoms with Gasteiger partial charge >= 0.3 is 5.97 Å². The van der Waals surface area contributed by atoms with Crippen LogP contribution in [0.4, 0.5) is 0 Å². The Balaban J connectivity index is 1.35. The van der Waals surface area contributed by atoms with E-state index in [0.717, 1.165) is 62.5 Å². The molecule has 2 fully saturated rings. The van der Waals surface area contributed by atoms with Crippen molar-refractivity contribution in [2.45, 2.75) is 95.2 Å². The highest BCUT2D eigenvalue weighted by molar-refractivity contribution is 7.86. The molecule has 3 aliphatic heterocycles. The van der Waals surface area contributed by atoms with Crippen LogP contribution < -0.4 is 4.74 Å². The summed E-state index contributed by atoms with van der Waals surface area (Å²) in [6.45, 7) is 6.25. The minimum Gasteiger partial charge on any atom is -0.493 e. The fourth-order valence-electron chi connectivity index (χ4n) is 8.34. The van der Waals surface area contributed by atoms with Crippen molar-refractivity contribution in [3.63, 3.8) is 0 Å². The van der Waals surface area contributed by atoms with Gasteiger partial charge in [-0.2, -0.15) is 8.42 Å². The van der Waals surface area contributed by atoms with E-state index in [1.807, 2.05) is 6.92 Å². The molecule has 6 nitrogen and oxygen atoms in total. The second kappa shape index (κ2) is 9.37. The molecule has 38 heavy (non-hydrogen) atoms. The number of hydrogen-bond acceptors (Lipinski definition) is 6. The van der Waals surface area contributed by atoms with E-state index in [0.29, 0.717) is 30.1 Å². The van der Waals surface area contributed by atoms with E-state index < -0.39 is 15.7 Å². The predicted octanol–water partition coefficient (Wildman–Crippen LogP) is 6.23. The summed E-state index contributed by atoms with van der Waals surface area (Å²) in [5.41, 5.74) is 3.96.